The maximum atomic E-state index is 10.5. The van der Waals surface area contributed by atoms with Gasteiger partial charge < -0.3 is 9.84 Å². The second kappa shape index (κ2) is 6.30. The van der Waals surface area contributed by atoms with Gasteiger partial charge in [0.05, 0.1) is 12.0 Å². The average molecular weight is 218 g/mol. The summed E-state index contributed by atoms with van der Waals surface area (Å²) in [4.78, 5) is 10.5. The minimum atomic E-state index is -0.699. The van der Waals surface area contributed by atoms with Crippen LogP contribution in [0.25, 0.3) is 0 Å². The van der Waals surface area contributed by atoms with E-state index in [1.807, 2.05) is 0 Å². The predicted molar refractivity (Wildman–Crippen MR) is 57.7 cm³/mol. The quantitative estimate of drug-likeness (QED) is 0.693. The summed E-state index contributed by atoms with van der Waals surface area (Å²) < 4.78 is 5.48. The van der Waals surface area contributed by atoms with Crippen molar-refractivity contribution in [3.8, 4) is 0 Å². The Morgan fingerprint density at radius 3 is 3.07 bits per heavy atom. The molecule has 1 aliphatic rings. The van der Waals surface area contributed by atoms with Crippen molar-refractivity contribution in [3.05, 3.63) is 0 Å². The molecule has 3 nitrogen and oxygen atoms in total. The Labute approximate surface area is 89.2 Å². The fourth-order valence-corrected chi connectivity index (χ4v) is 2.51. The Balaban J connectivity index is 1.95. The first kappa shape index (κ1) is 11.9. The third-order valence-corrected chi connectivity index (χ3v) is 3.66. The van der Waals surface area contributed by atoms with E-state index in [1.54, 1.807) is 18.7 Å². The smallest absolute Gasteiger partial charge is 0.307 e. The van der Waals surface area contributed by atoms with Gasteiger partial charge in [-0.3, -0.25) is 4.79 Å². The van der Waals surface area contributed by atoms with E-state index in [0.29, 0.717) is 11.9 Å². The fourth-order valence-electron chi connectivity index (χ4n) is 1.42. The van der Waals surface area contributed by atoms with Crippen LogP contribution in [0, 0.1) is 5.92 Å². The normalized spacial score (nSPS) is 23.6. The van der Waals surface area contributed by atoms with E-state index in [-0.39, 0.29) is 5.92 Å². The Bertz CT molecular complexity index is 178. The van der Waals surface area contributed by atoms with Crippen LogP contribution in [0.3, 0.4) is 0 Å². The summed E-state index contributed by atoms with van der Waals surface area (Å²) in [5, 5.41) is 8.65. The molecule has 0 saturated carbocycles. The van der Waals surface area contributed by atoms with Crippen LogP contribution in [-0.4, -0.2) is 35.3 Å². The van der Waals surface area contributed by atoms with Crippen molar-refractivity contribution in [1.82, 2.24) is 0 Å². The van der Waals surface area contributed by atoms with Gasteiger partial charge in [0.2, 0.25) is 0 Å². The first-order valence-corrected chi connectivity index (χ1v) is 6.27. The molecule has 14 heavy (non-hydrogen) atoms. The summed E-state index contributed by atoms with van der Waals surface area (Å²) in [6, 6.07) is 0. The third kappa shape index (κ3) is 4.33. The largest absolute Gasteiger partial charge is 0.481 e. The highest BCUT2D eigenvalue weighted by Crippen LogP contribution is 2.18. The van der Waals surface area contributed by atoms with Gasteiger partial charge in [-0.1, -0.05) is 6.92 Å². The molecule has 1 fully saturated rings. The number of aliphatic carboxylic acids is 1. The zero-order valence-corrected chi connectivity index (χ0v) is 9.39. The van der Waals surface area contributed by atoms with E-state index < -0.39 is 5.97 Å². The zero-order chi connectivity index (χ0) is 10.4. The Morgan fingerprint density at radius 1 is 1.71 bits per heavy atom. The van der Waals surface area contributed by atoms with Crippen LogP contribution in [0.1, 0.15) is 26.2 Å². The lowest BCUT2D eigenvalue weighted by Gasteiger charge is -2.09. The number of thioether (sulfide) groups is 1. The average Bonchev–Trinajstić information content (AvgIpc) is 2.64. The summed E-state index contributed by atoms with van der Waals surface area (Å²) in [6.45, 7) is 2.66. The molecule has 1 heterocycles. The maximum Gasteiger partial charge on any atom is 0.307 e. The lowest BCUT2D eigenvalue weighted by Crippen LogP contribution is -2.13. The molecule has 0 amide bonds. The standard InChI is InChI=1S/C10H18O3S/c1-8(10(11)12)7-14-6-4-9-3-2-5-13-9/h8-9H,2-7H2,1H3,(H,11,12). The minimum Gasteiger partial charge on any atom is -0.481 e. The van der Waals surface area contributed by atoms with Crippen molar-refractivity contribution in [2.24, 2.45) is 5.92 Å². The molecule has 1 aliphatic heterocycles. The second-order valence-electron chi connectivity index (χ2n) is 3.74. The highest BCUT2D eigenvalue weighted by Gasteiger charge is 2.15. The van der Waals surface area contributed by atoms with Crippen LogP contribution < -0.4 is 0 Å². The highest BCUT2D eigenvalue weighted by molar-refractivity contribution is 7.99. The number of ether oxygens (including phenoxy) is 1. The summed E-state index contributed by atoms with van der Waals surface area (Å²) in [5.74, 6) is 0.795. The monoisotopic (exact) mass is 218 g/mol. The van der Waals surface area contributed by atoms with Gasteiger partial charge in [-0.05, 0) is 25.0 Å². The molecule has 1 rings (SSSR count). The van der Waals surface area contributed by atoms with Gasteiger partial charge in [0.15, 0.2) is 0 Å². The topological polar surface area (TPSA) is 46.5 Å². The van der Waals surface area contributed by atoms with Crippen molar-refractivity contribution < 1.29 is 14.6 Å². The van der Waals surface area contributed by atoms with Gasteiger partial charge in [-0.2, -0.15) is 11.8 Å². The summed E-state index contributed by atoms with van der Waals surface area (Å²) in [7, 11) is 0. The number of hydrogen-bond donors (Lipinski definition) is 1. The van der Waals surface area contributed by atoms with Gasteiger partial charge in [-0.15, -0.1) is 0 Å². The van der Waals surface area contributed by atoms with Crippen LogP contribution in [0.2, 0.25) is 0 Å². The number of carboxylic acids is 1. The molecule has 1 N–H and O–H groups in total. The molecule has 2 unspecified atom stereocenters. The molecule has 0 aromatic carbocycles. The minimum absolute atomic E-state index is 0.232. The summed E-state index contributed by atoms with van der Waals surface area (Å²) in [6.07, 6.45) is 3.86. The molecular formula is C10H18O3S. The molecule has 2 atom stereocenters. The summed E-state index contributed by atoms with van der Waals surface area (Å²) >= 11 is 1.72. The van der Waals surface area contributed by atoms with E-state index in [4.69, 9.17) is 9.84 Å². The van der Waals surface area contributed by atoms with Crippen molar-refractivity contribution in [3.63, 3.8) is 0 Å². The van der Waals surface area contributed by atoms with Gasteiger partial charge in [0.1, 0.15) is 0 Å². The second-order valence-corrected chi connectivity index (χ2v) is 4.89. The van der Waals surface area contributed by atoms with Crippen molar-refractivity contribution >= 4 is 17.7 Å². The zero-order valence-electron chi connectivity index (χ0n) is 8.57. The Morgan fingerprint density at radius 2 is 2.50 bits per heavy atom. The lowest BCUT2D eigenvalue weighted by atomic mass is 10.2. The van der Waals surface area contributed by atoms with Gasteiger partial charge in [0, 0.05) is 12.4 Å². The van der Waals surface area contributed by atoms with Gasteiger partial charge in [0.25, 0.3) is 0 Å². The van der Waals surface area contributed by atoms with E-state index in [9.17, 15) is 4.79 Å². The molecular weight excluding hydrogens is 200 g/mol. The molecule has 0 aromatic rings. The molecule has 4 heteroatoms. The predicted octanol–water partition coefficient (Wildman–Crippen LogP) is 2.01. The van der Waals surface area contributed by atoms with Gasteiger partial charge >= 0.3 is 5.97 Å². The molecule has 0 spiro atoms. The SMILES string of the molecule is CC(CSCCC1CCCO1)C(=O)O. The first-order valence-electron chi connectivity index (χ1n) is 5.12. The van der Waals surface area contributed by atoms with E-state index in [0.717, 1.165) is 18.8 Å². The molecule has 0 aliphatic carbocycles. The molecule has 0 aromatic heterocycles. The number of carbonyl (C=O) groups is 1. The Kier molecular flexibility index (Phi) is 5.33. The van der Waals surface area contributed by atoms with Crippen LogP contribution in [0.4, 0.5) is 0 Å². The maximum absolute atomic E-state index is 10.5. The van der Waals surface area contributed by atoms with Gasteiger partial charge in [-0.25, -0.2) is 0 Å². The van der Waals surface area contributed by atoms with Crippen LogP contribution in [0.5, 0.6) is 0 Å². The lowest BCUT2D eigenvalue weighted by molar-refractivity contribution is -0.140. The third-order valence-electron chi connectivity index (χ3n) is 2.40. The number of hydrogen-bond acceptors (Lipinski definition) is 3. The number of rotatable bonds is 6. The van der Waals surface area contributed by atoms with Crippen molar-refractivity contribution in [2.75, 3.05) is 18.1 Å². The molecule has 0 bridgehead atoms. The summed E-state index contributed by atoms with van der Waals surface area (Å²) in [5.41, 5.74) is 0. The van der Waals surface area contributed by atoms with Crippen molar-refractivity contribution in [1.29, 1.82) is 0 Å². The molecule has 1 saturated heterocycles. The van der Waals surface area contributed by atoms with Crippen LogP contribution in [0.15, 0.2) is 0 Å². The highest BCUT2D eigenvalue weighted by atomic mass is 32.2. The number of carboxylic acid groups (broad SMARTS) is 1. The van der Waals surface area contributed by atoms with Crippen molar-refractivity contribution in [2.45, 2.75) is 32.3 Å². The van der Waals surface area contributed by atoms with Crippen LogP contribution >= 0.6 is 11.8 Å². The van der Waals surface area contributed by atoms with E-state index in [2.05, 4.69) is 0 Å². The molecule has 0 radical (unpaired) electrons. The Hall–Kier alpha value is -0.220. The van der Waals surface area contributed by atoms with E-state index >= 15 is 0 Å². The fraction of sp³-hybridized carbons (Fsp3) is 0.900. The van der Waals surface area contributed by atoms with Crippen LogP contribution in [-0.2, 0) is 9.53 Å². The van der Waals surface area contributed by atoms with E-state index in [1.165, 1.54) is 12.8 Å². The first-order chi connectivity index (χ1) is 6.70. The molecule has 82 valence electrons.